The Morgan fingerprint density at radius 1 is 1.24 bits per heavy atom. The van der Waals surface area contributed by atoms with E-state index in [0.717, 1.165) is 29.9 Å². The Labute approximate surface area is 104 Å². The highest BCUT2D eigenvalue weighted by Gasteiger charge is 2.22. The highest BCUT2D eigenvalue weighted by molar-refractivity contribution is 5.35. The Hall–Kier alpha value is -0.850. The van der Waals surface area contributed by atoms with Crippen molar-refractivity contribution >= 4 is 0 Å². The van der Waals surface area contributed by atoms with Gasteiger partial charge in [-0.05, 0) is 47.8 Å². The van der Waals surface area contributed by atoms with E-state index >= 15 is 0 Å². The molecule has 1 heteroatoms. The van der Waals surface area contributed by atoms with Gasteiger partial charge in [0.2, 0.25) is 0 Å². The molecule has 1 aromatic rings. The molecule has 0 amide bonds. The molecule has 0 heterocycles. The zero-order chi connectivity index (χ0) is 12.6. The van der Waals surface area contributed by atoms with Gasteiger partial charge in [-0.3, -0.25) is 0 Å². The SMILES string of the molecule is Cc1cc(C(C)(C)C)cc(CCC2CC2)c1F. The van der Waals surface area contributed by atoms with Crippen LogP contribution in [-0.2, 0) is 11.8 Å². The smallest absolute Gasteiger partial charge is 0.129 e. The fourth-order valence-electron chi connectivity index (χ4n) is 2.22. The molecule has 0 radical (unpaired) electrons. The predicted octanol–water partition coefficient (Wildman–Crippen LogP) is 4.77. The van der Waals surface area contributed by atoms with Crippen LogP contribution in [0.25, 0.3) is 0 Å². The second-order valence-corrected chi connectivity index (χ2v) is 6.50. The Morgan fingerprint density at radius 3 is 2.41 bits per heavy atom. The summed E-state index contributed by atoms with van der Waals surface area (Å²) in [4.78, 5) is 0. The molecule has 1 aromatic carbocycles. The van der Waals surface area contributed by atoms with E-state index < -0.39 is 0 Å². The van der Waals surface area contributed by atoms with Crippen LogP contribution in [0.3, 0.4) is 0 Å². The third-order valence-electron chi connectivity index (χ3n) is 3.71. The molecule has 0 aliphatic heterocycles. The number of hydrogen-bond donors (Lipinski definition) is 0. The molecule has 0 atom stereocenters. The molecule has 17 heavy (non-hydrogen) atoms. The van der Waals surface area contributed by atoms with Crippen molar-refractivity contribution in [2.45, 2.75) is 58.8 Å². The van der Waals surface area contributed by atoms with Crippen LogP contribution < -0.4 is 0 Å². The van der Waals surface area contributed by atoms with E-state index in [1.165, 1.54) is 18.4 Å². The van der Waals surface area contributed by atoms with Gasteiger partial charge in [0.05, 0.1) is 0 Å². The van der Waals surface area contributed by atoms with Gasteiger partial charge in [-0.15, -0.1) is 0 Å². The molecule has 1 aliphatic carbocycles. The van der Waals surface area contributed by atoms with Gasteiger partial charge in [0.15, 0.2) is 0 Å². The average molecular weight is 234 g/mol. The van der Waals surface area contributed by atoms with Gasteiger partial charge in [-0.2, -0.15) is 0 Å². The molecule has 0 aromatic heterocycles. The van der Waals surface area contributed by atoms with Crippen LogP contribution in [0.1, 0.15) is 56.7 Å². The van der Waals surface area contributed by atoms with Crippen molar-refractivity contribution in [3.63, 3.8) is 0 Å². The first-order chi connectivity index (χ1) is 7.88. The van der Waals surface area contributed by atoms with Crippen LogP contribution >= 0.6 is 0 Å². The average Bonchev–Trinajstić information content (AvgIpc) is 3.02. The maximum absolute atomic E-state index is 14.0. The van der Waals surface area contributed by atoms with Crippen LogP contribution in [0.15, 0.2) is 12.1 Å². The van der Waals surface area contributed by atoms with E-state index in [4.69, 9.17) is 0 Å². The molecule has 1 fully saturated rings. The number of aryl methyl sites for hydroxylation is 2. The monoisotopic (exact) mass is 234 g/mol. The lowest BCUT2D eigenvalue weighted by atomic mass is 9.84. The molecule has 0 unspecified atom stereocenters. The standard InChI is InChI=1S/C16H23F/c1-11-9-14(16(2,3)4)10-13(15(11)17)8-7-12-5-6-12/h9-10,12H,5-8H2,1-4H3. The van der Waals surface area contributed by atoms with Crippen molar-refractivity contribution in [1.29, 1.82) is 0 Å². The zero-order valence-corrected chi connectivity index (χ0v) is 11.4. The van der Waals surface area contributed by atoms with Crippen molar-refractivity contribution in [2.24, 2.45) is 5.92 Å². The number of hydrogen-bond acceptors (Lipinski definition) is 0. The Bertz CT molecular complexity index is 408. The zero-order valence-electron chi connectivity index (χ0n) is 11.4. The molecule has 94 valence electrons. The molecule has 1 aliphatic rings. The van der Waals surface area contributed by atoms with Crippen molar-refractivity contribution in [1.82, 2.24) is 0 Å². The van der Waals surface area contributed by atoms with E-state index in [-0.39, 0.29) is 11.2 Å². The predicted molar refractivity (Wildman–Crippen MR) is 70.9 cm³/mol. The van der Waals surface area contributed by atoms with Gasteiger partial charge in [0.25, 0.3) is 0 Å². The van der Waals surface area contributed by atoms with E-state index in [2.05, 4.69) is 26.8 Å². The van der Waals surface area contributed by atoms with Crippen LogP contribution in [0.5, 0.6) is 0 Å². The Morgan fingerprint density at radius 2 is 1.88 bits per heavy atom. The topological polar surface area (TPSA) is 0 Å². The van der Waals surface area contributed by atoms with E-state index in [0.29, 0.717) is 0 Å². The summed E-state index contributed by atoms with van der Waals surface area (Å²) in [7, 11) is 0. The van der Waals surface area contributed by atoms with Crippen molar-refractivity contribution in [3.8, 4) is 0 Å². The van der Waals surface area contributed by atoms with E-state index in [1.54, 1.807) is 0 Å². The largest absolute Gasteiger partial charge is 0.206 e. The summed E-state index contributed by atoms with van der Waals surface area (Å²) < 4.78 is 14.0. The third kappa shape index (κ3) is 3.08. The summed E-state index contributed by atoms with van der Waals surface area (Å²) in [6.45, 7) is 8.43. The minimum atomic E-state index is 0.0126. The minimum absolute atomic E-state index is 0.0126. The summed E-state index contributed by atoms with van der Waals surface area (Å²) in [6.07, 6.45) is 4.75. The van der Waals surface area contributed by atoms with Crippen LogP contribution in [0.4, 0.5) is 4.39 Å². The van der Waals surface area contributed by atoms with Crippen LogP contribution in [0, 0.1) is 18.7 Å². The second-order valence-electron chi connectivity index (χ2n) is 6.50. The van der Waals surface area contributed by atoms with Gasteiger partial charge in [-0.1, -0.05) is 45.7 Å². The quantitative estimate of drug-likeness (QED) is 0.706. The lowest BCUT2D eigenvalue weighted by Gasteiger charge is -2.21. The molecule has 0 bridgehead atoms. The Balaban J connectivity index is 2.25. The maximum Gasteiger partial charge on any atom is 0.129 e. The van der Waals surface area contributed by atoms with Gasteiger partial charge in [0.1, 0.15) is 5.82 Å². The summed E-state index contributed by atoms with van der Waals surface area (Å²) >= 11 is 0. The van der Waals surface area contributed by atoms with Crippen molar-refractivity contribution < 1.29 is 4.39 Å². The molecular formula is C16H23F. The summed E-state index contributed by atoms with van der Waals surface area (Å²) in [5.74, 6) is 0.881. The highest BCUT2D eigenvalue weighted by atomic mass is 19.1. The first-order valence-corrected chi connectivity index (χ1v) is 6.67. The molecule has 0 saturated heterocycles. The fraction of sp³-hybridized carbons (Fsp3) is 0.625. The van der Waals surface area contributed by atoms with E-state index in [9.17, 15) is 4.39 Å². The first kappa shape index (κ1) is 12.6. The molecule has 0 N–H and O–H groups in total. The molecular weight excluding hydrogens is 211 g/mol. The molecule has 0 nitrogen and oxygen atoms in total. The van der Waals surface area contributed by atoms with Crippen molar-refractivity contribution in [3.05, 3.63) is 34.6 Å². The highest BCUT2D eigenvalue weighted by Crippen LogP contribution is 2.34. The number of halogens is 1. The van der Waals surface area contributed by atoms with Crippen LogP contribution in [0.2, 0.25) is 0 Å². The number of rotatable bonds is 3. The third-order valence-corrected chi connectivity index (χ3v) is 3.71. The molecule has 0 spiro atoms. The van der Waals surface area contributed by atoms with Crippen molar-refractivity contribution in [2.75, 3.05) is 0 Å². The fourth-order valence-corrected chi connectivity index (χ4v) is 2.22. The lowest BCUT2D eigenvalue weighted by molar-refractivity contribution is 0.565. The van der Waals surface area contributed by atoms with Gasteiger partial charge in [-0.25, -0.2) is 4.39 Å². The minimum Gasteiger partial charge on any atom is -0.206 e. The van der Waals surface area contributed by atoms with Gasteiger partial charge >= 0.3 is 0 Å². The summed E-state index contributed by atoms with van der Waals surface area (Å²) in [5.41, 5.74) is 3.07. The van der Waals surface area contributed by atoms with Gasteiger partial charge < -0.3 is 0 Å². The molecule has 2 rings (SSSR count). The van der Waals surface area contributed by atoms with E-state index in [1.807, 2.05) is 13.0 Å². The maximum atomic E-state index is 14.0. The first-order valence-electron chi connectivity index (χ1n) is 6.67. The number of benzene rings is 1. The second kappa shape index (κ2) is 4.44. The normalized spacial score (nSPS) is 16.3. The van der Waals surface area contributed by atoms with Gasteiger partial charge in [0, 0.05) is 0 Å². The summed E-state index contributed by atoms with van der Waals surface area (Å²) in [5, 5.41) is 0. The Kier molecular flexibility index (Phi) is 3.29. The molecule has 1 saturated carbocycles. The summed E-state index contributed by atoms with van der Waals surface area (Å²) in [6, 6.07) is 4.07. The van der Waals surface area contributed by atoms with Crippen LogP contribution in [-0.4, -0.2) is 0 Å². The lowest BCUT2D eigenvalue weighted by Crippen LogP contribution is -2.13.